The van der Waals surface area contributed by atoms with E-state index in [4.69, 9.17) is 5.73 Å². The smallest absolute Gasteiger partial charge is 0.258 e. The molecule has 1 amide bonds. The number of carbonyl (C=O) groups excluding carboxylic acids is 1. The average Bonchev–Trinajstić information content (AvgIpc) is 2.76. The molecule has 1 heterocycles. The first-order valence-electron chi connectivity index (χ1n) is 7.32. The molecule has 110 valence electrons. The van der Waals surface area contributed by atoms with Crippen LogP contribution in [0.25, 0.3) is 0 Å². The van der Waals surface area contributed by atoms with Gasteiger partial charge in [-0.05, 0) is 49.8 Å². The highest BCUT2D eigenvalue weighted by atomic mass is 32.1. The van der Waals surface area contributed by atoms with E-state index in [1.54, 1.807) is 11.3 Å². The minimum Gasteiger partial charge on any atom is -0.390 e. The van der Waals surface area contributed by atoms with Crippen LogP contribution < -0.4 is 11.1 Å². The Balaban J connectivity index is 1.86. The van der Waals surface area contributed by atoms with Crippen molar-refractivity contribution in [1.29, 1.82) is 0 Å². The van der Waals surface area contributed by atoms with Gasteiger partial charge in [0.25, 0.3) is 5.91 Å². The third-order valence-corrected chi connectivity index (χ3v) is 5.16. The standard InChI is InChI=1S/C17H20N2OS/c1-10-3-6-12(7-4-10)19-17(20)15-13-8-5-11(2)9-14(13)21-16(15)18/h3-4,6-7,11H,5,8-9,18H2,1-2H3,(H,19,20)/t11-/m1/s1. The van der Waals surface area contributed by atoms with Gasteiger partial charge in [0.05, 0.1) is 10.6 Å². The van der Waals surface area contributed by atoms with Gasteiger partial charge in [-0.15, -0.1) is 11.3 Å². The molecule has 4 heteroatoms. The van der Waals surface area contributed by atoms with Crippen LogP contribution in [0.3, 0.4) is 0 Å². The molecule has 0 radical (unpaired) electrons. The Kier molecular flexibility index (Phi) is 3.72. The molecule has 0 unspecified atom stereocenters. The molecule has 3 nitrogen and oxygen atoms in total. The van der Waals surface area contributed by atoms with E-state index < -0.39 is 0 Å². The molecule has 3 rings (SSSR count). The second-order valence-electron chi connectivity index (χ2n) is 5.91. The fraction of sp³-hybridized carbons (Fsp3) is 0.353. The molecule has 0 saturated carbocycles. The van der Waals surface area contributed by atoms with E-state index in [-0.39, 0.29) is 5.91 Å². The zero-order chi connectivity index (χ0) is 15.0. The highest BCUT2D eigenvalue weighted by Gasteiger charge is 2.26. The number of rotatable bonds is 2. The number of amides is 1. The lowest BCUT2D eigenvalue weighted by Crippen LogP contribution is -2.17. The number of fused-ring (bicyclic) bond motifs is 1. The van der Waals surface area contributed by atoms with Crippen molar-refractivity contribution in [2.24, 2.45) is 5.92 Å². The summed E-state index contributed by atoms with van der Waals surface area (Å²) < 4.78 is 0. The van der Waals surface area contributed by atoms with Crippen LogP contribution >= 0.6 is 11.3 Å². The van der Waals surface area contributed by atoms with Gasteiger partial charge in [-0.2, -0.15) is 0 Å². The molecule has 0 fully saturated rings. The highest BCUT2D eigenvalue weighted by Crippen LogP contribution is 2.38. The number of nitrogens with two attached hydrogens (primary N) is 1. The van der Waals surface area contributed by atoms with Gasteiger partial charge in [-0.25, -0.2) is 0 Å². The predicted octanol–water partition coefficient (Wildman–Crippen LogP) is 4.02. The second kappa shape index (κ2) is 5.53. The van der Waals surface area contributed by atoms with E-state index >= 15 is 0 Å². The Labute approximate surface area is 129 Å². The fourth-order valence-corrected chi connectivity index (χ4v) is 4.13. The Bertz CT molecular complexity index is 673. The van der Waals surface area contributed by atoms with Crippen molar-refractivity contribution in [3.63, 3.8) is 0 Å². The second-order valence-corrected chi connectivity index (χ2v) is 7.05. The molecule has 1 atom stereocenters. The molecule has 0 saturated heterocycles. The number of nitrogen functional groups attached to an aromatic ring is 1. The number of anilines is 2. The van der Waals surface area contributed by atoms with Gasteiger partial charge in [-0.1, -0.05) is 24.6 Å². The van der Waals surface area contributed by atoms with Crippen LogP contribution in [0.2, 0.25) is 0 Å². The average molecular weight is 300 g/mol. The van der Waals surface area contributed by atoms with Crippen molar-refractivity contribution in [2.45, 2.75) is 33.1 Å². The highest BCUT2D eigenvalue weighted by molar-refractivity contribution is 7.16. The Hall–Kier alpha value is -1.81. The van der Waals surface area contributed by atoms with Crippen LogP contribution in [-0.4, -0.2) is 5.91 Å². The van der Waals surface area contributed by atoms with E-state index in [0.717, 1.165) is 24.9 Å². The summed E-state index contributed by atoms with van der Waals surface area (Å²) in [6, 6.07) is 7.82. The zero-order valence-electron chi connectivity index (χ0n) is 12.4. The Morgan fingerprint density at radius 3 is 2.76 bits per heavy atom. The molecule has 21 heavy (non-hydrogen) atoms. The van der Waals surface area contributed by atoms with Gasteiger partial charge < -0.3 is 11.1 Å². The minimum absolute atomic E-state index is 0.0802. The van der Waals surface area contributed by atoms with Gasteiger partial charge >= 0.3 is 0 Å². The molecule has 1 aliphatic rings. The van der Waals surface area contributed by atoms with Gasteiger partial charge in [0, 0.05) is 10.6 Å². The summed E-state index contributed by atoms with van der Waals surface area (Å²) in [5.41, 5.74) is 9.96. The quantitative estimate of drug-likeness (QED) is 0.880. The summed E-state index contributed by atoms with van der Waals surface area (Å²) in [5.74, 6) is 0.604. The van der Waals surface area contributed by atoms with Crippen molar-refractivity contribution in [1.82, 2.24) is 0 Å². The van der Waals surface area contributed by atoms with Gasteiger partial charge in [0.15, 0.2) is 0 Å². The van der Waals surface area contributed by atoms with Gasteiger partial charge in [0.2, 0.25) is 0 Å². The van der Waals surface area contributed by atoms with E-state index in [9.17, 15) is 4.79 Å². The molecule has 0 spiro atoms. The van der Waals surface area contributed by atoms with Gasteiger partial charge in [-0.3, -0.25) is 4.79 Å². The lowest BCUT2D eigenvalue weighted by molar-refractivity contribution is 0.102. The third-order valence-electron chi connectivity index (χ3n) is 4.08. The van der Waals surface area contributed by atoms with Crippen LogP contribution in [-0.2, 0) is 12.8 Å². The molecule has 0 bridgehead atoms. The molecule has 1 aromatic carbocycles. The number of nitrogens with one attached hydrogen (secondary N) is 1. The summed E-state index contributed by atoms with van der Waals surface area (Å²) in [6.45, 7) is 4.28. The third kappa shape index (κ3) is 2.81. The Morgan fingerprint density at radius 2 is 2.05 bits per heavy atom. The molecule has 0 aliphatic heterocycles. The van der Waals surface area contributed by atoms with Crippen LogP contribution in [0, 0.1) is 12.8 Å². The topological polar surface area (TPSA) is 55.1 Å². The number of aryl methyl sites for hydroxylation is 1. The summed E-state index contributed by atoms with van der Waals surface area (Å²) in [7, 11) is 0. The maximum atomic E-state index is 12.5. The number of hydrogen-bond donors (Lipinski definition) is 2. The number of benzene rings is 1. The fourth-order valence-electron chi connectivity index (χ4n) is 2.85. The number of hydrogen-bond acceptors (Lipinski definition) is 3. The van der Waals surface area contributed by atoms with E-state index in [0.29, 0.717) is 16.5 Å². The van der Waals surface area contributed by atoms with Crippen molar-refractivity contribution in [3.05, 3.63) is 45.8 Å². The van der Waals surface area contributed by atoms with Gasteiger partial charge in [0.1, 0.15) is 0 Å². The van der Waals surface area contributed by atoms with E-state index in [2.05, 4.69) is 12.2 Å². The van der Waals surface area contributed by atoms with Crippen molar-refractivity contribution < 1.29 is 4.79 Å². The molecule has 3 N–H and O–H groups in total. The summed E-state index contributed by atoms with van der Waals surface area (Å²) >= 11 is 1.58. The van der Waals surface area contributed by atoms with E-state index in [1.165, 1.54) is 16.0 Å². The largest absolute Gasteiger partial charge is 0.390 e. The lowest BCUT2D eigenvalue weighted by atomic mass is 9.88. The lowest BCUT2D eigenvalue weighted by Gasteiger charge is -2.18. The van der Waals surface area contributed by atoms with Crippen molar-refractivity contribution >= 4 is 27.9 Å². The van der Waals surface area contributed by atoms with Crippen LogP contribution in [0.4, 0.5) is 10.7 Å². The molecular formula is C17H20N2OS. The number of thiophene rings is 1. The SMILES string of the molecule is Cc1ccc(NC(=O)c2c(N)sc3c2CC[C@@H](C)C3)cc1. The first kappa shape index (κ1) is 14.1. The van der Waals surface area contributed by atoms with Crippen LogP contribution in [0.5, 0.6) is 0 Å². The zero-order valence-corrected chi connectivity index (χ0v) is 13.2. The predicted molar refractivity (Wildman–Crippen MR) is 89.1 cm³/mol. The molecular weight excluding hydrogens is 280 g/mol. The van der Waals surface area contributed by atoms with E-state index in [1.807, 2.05) is 31.2 Å². The minimum atomic E-state index is -0.0802. The summed E-state index contributed by atoms with van der Waals surface area (Å²) in [4.78, 5) is 13.8. The molecule has 1 aromatic heterocycles. The Morgan fingerprint density at radius 1 is 1.33 bits per heavy atom. The summed E-state index contributed by atoms with van der Waals surface area (Å²) in [5, 5.41) is 3.61. The maximum Gasteiger partial charge on any atom is 0.258 e. The molecule has 2 aromatic rings. The first-order chi connectivity index (χ1) is 10.0. The maximum absolute atomic E-state index is 12.5. The normalized spacial score (nSPS) is 17.3. The monoisotopic (exact) mass is 300 g/mol. The molecule has 1 aliphatic carbocycles. The first-order valence-corrected chi connectivity index (χ1v) is 8.14. The van der Waals surface area contributed by atoms with Crippen molar-refractivity contribution in [3.8, 4) is 0 Å². The summed E-state index contributed by atoms with van der Waals surface area (Å²) in [6.07, 6.45) is 3.14. The van der Waals surface area contributed by atoms with Crippen molar-refractivity contribution in [2.75, 3.05) is 11.1 Å². The number of carbonyl (C=O) groups is 1. The van der Waals surface area contributed by atoms with Crippen LogP contribution in [0.15, 0.2) is 24.3 Å². The van der Waals surface area contributed by atoms with Crippen LogP contribution in [0.1, 0.15) is 39.7 Å².